The predicted octanol–water partition coefficient (Wildman–Crippen LogP) is 8.10. The van der Waals surface area contributed by atoms with Gasteiger partial charge in [-0.1, -0.05) is 99.6 Å². The van der Waals surface area contributed by atoms with Crippen LogP contribution in [0.1, 0.15) is 45.2 Å². The maximum Gasteiger partial charge on any atom is 0.410 e. The first-order valence-electron chi connectivity index (χ1n) is 14.7. The summed E-state index contributed by atoms with van der Waals surface area (Å²) in [6.45, 7) is 13.6. The molecule has 0 spiro atoms. The molecule has 0 saturated carbocycles. The van der Waals surface area contributed by atoms with Gasteiger partial charge in [-0.2, -0.15) is 0 Å². The Bertz CT molecular complexity index is 1400. The molecule has 1 amide bonds. The van der Waals surface area contributed by atoms with E-state index in [1.165, 1.54) is 0 Å². The van der Waals surface area contributed by atoms with E-state index in [0.29, 0.717) is 18.5 Å². The first-order chi connectivity index (χ1) is 20.0. The Hall–Kier alpha value is -3.68. The Balaban J connectivity index is 1.76. The molecule has 6 nitrogen and oxygen atoms in total. The average Bonchev–Trinajstić information content (AvgIpc) is 2.99. The second-order valence-corrected chi connectivity index (χ2v) is 16.9. The molecule has 3 aromatic carbocycles. The molecule has 1 heterocycles. The Kier molecular flexibility index (Phi) is 10.1. The molecule has 1 atom stereocenters. The minimum Gasteiger partial charge on any atom is -0.463 e. The molecule has 3 aromatic rings. The molecular weight excluding hydrogens is 542 g/mol. The van der Waals surface area contributed by atoms with Crippen LogP contribution >= 0.6 is 0 Å². The Labute approximate surface area is 251 Å². The third-order valence-corrected chi connectivity index (χ3v) is 12.8. The highest BCUT2D eigenvalue weighted by molar-refractivity contribution is 6.74. The summed E-state index contributed by atoms with van der Waals surface area (Å²) in [5, 5.41) is -0.0407. The van der Waals surface area contributed by atoms with E-state index >= 15 is 0 Å². The highest BCUT2D eigenvalue weighted by atomic mass is 28.4. The summed E-state index contributed by atoms with van der Waals surface area (Å²) in [6, 6.07) is 27.3. The zero-order valence-corrected chi connectivity index (χ0v) is 26.7. The summed E-state index contributed by atoms with van der Waals surface area (Å²) in [6.07, 6.45) is 0.0187. The van der Waals surface area contributed by atoms with Crippen LogP contribution in [0, 0.1) is 0 Å². The lowest BCUT2D eigenvalue weighted by atomic mass is 9.87. The molecule has 0 aliphatic carbocycles. The van der Waals surface area contributed by atoms with Crippen LogP contribution in [0.25, 0.3) is 16.7 Å². The quantitative estimate of drug-likeness (QED) is 0.188. The van der Waals surface area contributed by atoms with Gasteiger partial charge < -0.3 is 13.9 Å². The molecule has 1 aliphatic rings. The molecule has 222 valence electrons. The number of ether oxygens (including phenoxy) is 2. The van der Waals surface area contributed by atoms with Crippen LogP contribution in [0.3, 0.4) is 0 Å². The molecule has 0 radical (unpaired) electrons. The van der Waals surface area contributed by atoms with Gasteiger partial charge in [-0.3, -0.25) is 4.90 Å². The van der Waals surface area contributed by atoms with Gasteiger partial charge >= 0.3 is 12.1 Å². The molecule has 1 unspecified atom stereocenters. The average molecular weight is 586 g/mol. The Morgan fingerprint density at radius 1 is 0.857 bits per heavy atom. The lowest BCUT2D eigenvalue weighted by molar-refractivity contribution is -0.139. The Morgan fingerprint density at radius 2 is 1.48 bits per heavy atom. The maximum absolute atomic E-state index is 13.7. The van der Waals surface area contributed by atoms with Crippen LogP contribution in [0.15, 0.2) is 90.5 Å². The van der Waals surface area contributed by atoms with Gasteiger partial charge in [0.25, 0.3) is 0 Å². The summed E-state index contributed by atoms with van der Waals surface area (Å²) in [7, 11) is -2.22. The molecule has 7 heteroatoms. The van der Waals surface area contributed by atoms with Crippen molar-refractivity contribution in [1.29, 1.82) is 0 Å². The lowest BCUT2D eigenvalue weighted by Gasteiger charge is -2.41. The van der Waals surface area contributed by atoms with E-state index in [4.69, 9.17) is 13.9 Å². The molecule has 1 aliphatic heterocycles. The van der Waals surface area contributed by atoms with Gasteiger partial charge in [-0.25, -0.2) is 9.59 Å². The number of rotatable bonds is 9. The van der Waals surface area contributed by atoms with Crippen molar-refractivity contribution in [2.24, 2.45) is 0 Å². The van der Waals surface area contributed by atoms with E-state index in [1.807, 2.05) is 60.7 Å². The molecule has 0 aromatic heterocycles. The van der Waals surface area contributed by atoms with Crippen molar-refractivity contribution in [1.82, 2.24) is 4.90 Å². The van der Waals surface area contributed by atoms with Crippen LogP contribution < -0.4 is 0 Å². The smallest absolute Gasteiger partial charge is 0.410 e. The second kappa shape index (κ2) is 13.5. The fourth-order valence-electron chi connectivity index (χ4n) is 4.86. The summed E-state index contributed by atoms with van der Waals surface area (Å²) in [5.74, 6) is -0.429. The predicted molar refractivity (Wildman–Crippen MR) is 170 cm³/mol. The first kappa shape index (κ1) is 31.3. The monoisotopic (exact) mass is 585 g/mol. The van der Waals surface area contributed by atoms with Crippen molar-refractivity contribution in [3.8, 4) is 11.1 Å². The number of hydrogen-bond acceptors (Lipinski definition) is 5. The van der Waals surface area contributed by atoms with Crippen molar-refractivity contribution in [2.75, 3.05) is 19.8 Å². The molecule has 42 heavy (non-hydrogen) atoms. The molecule has 0 N–H and O–H groups in total. The third kappa shape index (κ3) is 7.39. The van der Waals surface area contributed by atoms with E-state index in [0.717, 1.165) is 27.8 Å². The first-order valence-corrected chi connectivity index (χ1v) is 17.6. The van der Waals surface area contributed by atoms with Crippen molar-refractivity contribution < 1.29 is 23.5 Å². The molecule has 4 rings (SSSR count). The number of benzene rings is 3. The number of hydrogen-bond donors (Lipinski definition) is 0. The minimum absolute atomic E-state index is 0.0407. The summed E-state index contributed by atoms with van der Waals surface area (Å²) in [5.41, 5.74) is 5.33. The van der Waals surface area contributed by atoms with Gasteiger partial charge in [-0.15, -0.1) is 0 Å². The molecular formula is C35H43NO5Si. The molecule has 0 fully saturated rings. The van der Waals surface area contributed by atoms with Gasteiger partial charge in [0.15, 0.2) is 8.32 Å². The third-order valence-electron chi connectivity index (χ3n) is 8.30. The zero-order valence-electron chi connectivity index (χ0n) is 25.7. The van der Waals surface area contributed by atoms with Crippen LogP contribution in [-0.4, -0.2) is 51.1 Å². The second-order valence-electron chi connectivity index (χ2n) is 12.1. The highest BCUT2D eigenvalue weighted by Crippen LogP contribution is 2.39. The van der Waals surface area contributed by atoms with Crippen LogP contribution in [0.2, 0.25) is 18.1 Å². The largest absolute Gasteiger partial charge is 0.463 e. The number of carbonyl (C=O) groups is 2. The fourth-order valence-corrected chi connectivity index (χ4v) is 5.87. The Morgan fingerprint density at radius 3 is 2.12 bits per heavy atom. The van der Waals surface area contributed by atoms with Crippen LogP contribution in [0.5, 0.6) is 0 Å². The number of amides is 1. The lowest BCUT2D eigenvalue weighted by Crippen LogP contribution is -2.52. The van der Waals surface area contributed by atoms with Gasteiger partial charge in [0.1, 0.15) is 6.61 Å². The maximum atomic E-state index is 13.7. The van der Waals surface area contributed by atoms with Gasteiger partial charge in [0.2, 0.25) is 0 Å². The topological polar surface area (TPSA) is 65.1 Å². The van der Waals surface area contributed by atoms with Gasteiger partial charge in [-0.05, 0) is 65.4 Å². The molecule has 0 bridgehead atoms. The van der Waals surface area contributed by atoms with E-state index in [2.05, 4.69) is 58.1 Å². The molecule has 0 saturated heterocycles. The summed E-state index contributed by atoms with van der Waals surface area (Å²) < 4.78 is 18.0. The van der Waals surface area contributed by atoms with Crippen molar-refractivity contribution in [2.45, 2.75) is 64.9 Å². The van der Waals surface area contributed by atoms with Crippen molar-refractivity contribution >= 4 is 26.0 Å². The SMILES string of the molecule is CCOC(=O)C1=C(c2cccc(-c3ccccc3)c2)CCN(C(=O)OCc2ccccc2)C1CO[Si](C)(C)C(C)(C)C. The van der Waals surface area contributed by atoms with Gasteiger partial charge in [0.05, 0.1) is 24.8 Å². The van der Waals surface area contributed by atoms with Crippen LogP contribution in [0.4, 0.5) is 4.79 Å². The van der Waals surface area contributed by atoms with Crippen LogP contribution in [-0.2, 0) is 25.3 Å². The highest BCUT2D eigenvalue weighted by Gasteiger charge is 2.42. The normalized spacial score (nSPS) is 15.9. The van der Waals surface area contributed by atoms with E-state index in [1.54, 1.807) is 11.8 Å². The number of esters is 1. The summed E-state index contributed by atoms with van der Waals surface area (Å²) in [4.78, 5) is 29.0. The van der Waals surface area contributed by atoms with Gasteiger partial charge in [0, 0.05) is 6.54 Å². The standard InChI is InChI=1S/C35H43NO5Si/c1-7-39-33(37)32-30(29-20-14-19-28(23-29)27-17-12-9-13-18-27)21-22-36(31(32)25-41-42(5,6)35(2,3)4)34(38)40-24-26-15-10-8-11-16-26/h8-20,23,31H,7,21-22,24-25H2,1-6H3. The van der Waals surface area contributed by atoms with E-state index < -0.39 is 26.4 Å². The zero-order chi connectivity index (χ0) is 30.3. The number of nitrogens with zero attached hydrogens (tertiary/aromatic N) is 1. The fraction of sp³-hybridized carbons (Fsp3) is 0.371. The van der Waals surface area contributed by atoms with E-state index in [-0.39, 0.29) is 24.9 Å². The number of carbonyl (C=O) groups excluding carboxylic acids is 2. The van der Waals surface area contributed by atoms with Crippen molar-refractivity contribution in [3.63, 3.8) is 0 Å². The van der Waals surface area contributed by atoms with Crippen molar-refractivity contribution in [3.05, 3.63) is 102 Å². The van der Waals surface area contributed by atoms with E-state index in [9.17, 15) is 9.59 Å². The minimum atomic E-state index is -2.22. The summed E-state index contributed by atoms with van der Waals surface area (Å²) >= 11 is 0.